The first-order valence-corrected chi connectivity index (χ1v) is 9.56. The molecule has 33 heavy (non-hydrogen) atoms. The Morgan fingerprint density at radius 3 is 2.52 bits per heavy atom. The molecule has 14 heteroatoms. The average Bonchev–Trinajstić information content (AvgIpc) is 3.43. The van der Waals surface area contributed by atoms with Crippen molar-refractivity contribution >= 4 is 23.1 Å². The molecule has 11 nitrogen and oxygen atoms in total. The third-order valence-corrected chi connectivity index (χ3v) is 4.69. The highest BCUT2D eigenvalue weighted by Gasteiger charge is 2.35. The number of halogens is 3. The van der Waals surface area contributed by atoms with Crippen molar-refractivity contribution in [2.45, 2.75) is 19.6 Å². The first-order chi connectivity index (χ1) is 15.5. The van der Waals surface area contributed by atoms with Gasteiger partial charge in [0.2, 0.25) is 0 Å². The molecule has 0 atom stereocenters. The largest absolute Gasteiger partial charge is 0.433 e. The minimum Gasteiger partial charge on any atom is -0.346 e. The van der Waals surface area contributed by atoms with E-state index in [2.05, 4.69) is 30.9 Å². The number of aryl methyl sites for hydroxylation is 3. The standard InChI is InChI=1S/C19H18F3N9O2/c1-10-4-14(19(20,21)22)31-15(26-10)5-12(28-31)17(32)27-13-8-25-30(3)16(13)18(33)23-6-11-7-24-29(2)9-11/h4-5,7-9H,6H2,1-3H3,(H,23,33)(H,27,32). The number of carbonyl (C=O) groups is 2. The van der Waals surface area contributed by atoms with Crippen molar-refractivity contribution in [3.05, 3.63) is 59.1 Å². The molecule has 0 unspecified atom stereocenters. The van der Waals surface area contributed by atoms with Crippen LogP contribution in [0.5, 0.6) is 0 Å². The Labute approximate surface area is 184 Å². The van der Waals surface area contributed by atoms with Gasteiger partial charge in [-0.1, -0.05) is 0 Å². The summed E-state index contributed by atoms with van der Waals surface area (Å²) in [6.45, 7) is 1.61. The van der Waals surface area contributed by atoms with Gasteiger partial charge in [-0.2, -0.15) is 28.5 Å². The van der Waals surface area contributed by atoms with E-state index in [1.165, 1.54) is 24.9 Å². The van der Waals surface area contributed by atoms with Crippen molar-refractivity contribution < 1.29 is 22.8 Å². The van der Waals surface area contributed by atoms with Crippen LogP contribution in [-0.4, -0.2) is 46.0 Å². The lowest BCUT2D eigenvalue weighted by atomic mass is 10.3. The number of alkyl halides is 3. The predicted octanol–water partition coefficient (Wildman–Crippen LogP) is 1.71. The van der Waals surface area contributed by atoms with E-state index in [1.54, 1.807) is 24.1 Å². The number of fused-ring (bicyclic) bond motifs is 1. The summed E-state index contributed by atoms with van der Waals surface area (Å²) in [5.74, 6) is -1.33. The molecule has 4 heterocycles. The van der Waals surface area contributed by atoms with Crippen molar-refractivity contribution in [2.24, 2.45) is 14.1 Å². The van der Waals surface area contributed by atoms with E-state index in [1.807, 2.05) is 0 Å². The van der Waals surface area contributed by atoms with Gasteiger partial charge in [0, 0.05) is 44.2 Å². The fourth-order valence-corrected chi connectivity index (χ4v) is 3.23. The third-order valence-electron chi connectivity index (χ3n) is 4.69. The van der Waals surface area contributed by atoms with Gasteiger partial charge >= 0.3 is 6.18 Å². The van der Waals surface area contributed by atoms with Gasteiger partial charge in [-0.25, -0.2) is 9.50 Å². The summed E-state index contributed by atoms with van der Waals surface area (Å²) in [5, 5.41) is 16.9. The zero-order valence-electron chi connectivity index (χ0n) is 17.7. The molecule has 0 aliphatic heterocycles. The highest BCUT2D eigenvalue weighted by molar-refractivity contribution is 6.07. The van der Waals surface area contributed by atoms with Gasteiger partial charge in [-0.05, 0) is 13.0 Å². The number of aromatic nitrogens is 7. The SMILES string of the molecule is Cc1cc(C(F)(F)F)n2nc(C(=O)Nc3cnn(C)c3C(=O)NCc3cnn(C)c3)cc2n1. The number of anilines is 1. The van der Waals surface area contributed by atoms with Crippen LogP contribution in [0, 0.1) is 6.92 Å². The molecule has 0 aliphatic rings. The van der Waals surface area contributed by atoms with E-state index in [4.69, 9.17) is 0 Å². The molecule has 2 amide bonds. The first-order valence-electron chi connectivity index (χ1n) is 9.56. The lowest BCUT2D eigenvalue weighted by Crippen LogP contribution is -2.26. The zero-order chi connectivity index (χ0) is 23.9. The molecule has 0 aliphatic carbocycles. The molecule has 2 N–H and O–H groups in total. The number of carbonyl (C=O) groups excluding carboxylic acids is 2. The highest BCUT2D eigenvalue weighted by Crippen LogP contribution is 2.30. The summed E-state index contributed by atoms with van der Waals surface area (Å²) in [7, 11) is 3.26. The van der Waals surface area contributed by atoms with Crippen LogP contribution in [0.2, 0.25) is 0 Å². The summed E-state index contributed by atoms with van der Waals surface area (Å²) >= 11 is 0. The molecule has 4 aromatic rings. The van der Waals surface area contributed by atoms with Crippen LogP contribution in [-0.2, 0) is 26.8 Å². The second-order valence-corrected chi connectivity index (χ2v) is 7.27. The Morgan fingerprint density at radius 1 is 1.09 bits per heavy atom. The van der Waals surface area contributed by atoms with Crippen molar-refractivity contribution in [3.8, 4) is 0 Å². The fourth-order valence-electron chi connectivity index (χ4n) is 3.23. The topological polar surface area (TPSA) is 124 Å². The summed E-state index contributed by atoms with van der Waals surface area (Å²) in [5.41, 5.74) is -0.462. The second kappa shape index (κ2) is 8.03. The van der Waals surface area contributed by atoms with Gasteiger partial charge in [-0.15, -0.1) is 0 Å². The maximum absolute atomic E-state index is 13.3. The van der Waals surface area contributed by atoms with E-state index < -0.39 is 23.7 Å². The normalized spacial score (nSPS) is 11.7. The van der Waals surface area contributed by atoms with Crippen LogP contribution < -0.4 is 10.6 Å². The van der Waals surface area contributed by atoms with E-state index in [-0.39, 0.29) is 35.0 Å². The molecule has 0 radical (unpaired) electrons. The Balaban J connectivity index is 1.57. The van der Waals surface area contributed by atoms with E-state index in [0.29, 0.717) is 4.52 Å². The van der Waals surface area contributed by atoms with Gasteiger partial charge in [0.25, 0.3) is 11.8 Å². The van der Waals surface area contributed by atoms with Crippen molar-refractivity contribution in [1.82, 2.24) is 39.5 Å². The first kappa shape index (κ1) is 22.0. The van der Waals surface area contributed by atoms with Crippen LogP contribution in [0.15, 0.2) is 30.7 Å². The molecular formula is C19H18F3N9O2. The van der Waals surface area contributed by atoms with Gasteiger partial charge < -0.3 is 10.6 Å². The predicted molar refractivity (Wildman–Crippen MR) is 108 cm³/mol. The lowest BCUT2D eigenvalue weighted by molar-refractivity contribution is -0.142. The summed E-state index contributed by atoms with van der Waals surface area (Å²) < 4.78 is 43.5. The van der Waals surface area contributed by atoms with Gasteiger partial charge in [0.05, 0.1) is 18.1 Å². The minimum absolute atomic E-state index is 0.0564. The minimum atomic E-state index is -4.69. The van der Waals surface area contributed by atoms with Crippen LogP contribution in [0.4, 0.5) is 18.9 Å². The van der Waals surface area contributed by atoms with Crippen LogP contribution >= 0.6 is 0 Å². The Bertz CT molecular complexity index is 1370. The number of hydrogen-bond acceptors (Lipinski definition) is 6. The van der Waals surface area contributed by atoms with Crippen molar-refractivity contribution in [1.29, 1.82) is 0 Å². The lowest BCUT2D eigenvalue weighted by Gasteiger charge is -2.09. The molecule has 4 rings (SSSR count). The molecule has 4 aromatic heterocycles. The monoisotopic (exact) mass is 461 g/mol. The fraction of sp³-hybridized carbons (Fsp3) is 0.263. The van der Waals surface area contributed by atoms with Crippen molar-refractivity contribution in [3.63, 3.8) is 0 Å². The Hall–Kier alpha value is -4.23. The summed E-state index contributed by atoms with van der Waals surface area (Å²) in [6, 6.07) is 1.98. The number of amides is 2. The quantitative estimate of drug-likeness (QED) is 0.466. The van der Waals surface area contributed by atoms with Crippen molar-refractivity contribution in [2.75, 3.05) is 5.32 Å². The molecule has 0 saturated carbocycles. The molecule has 0 fully saturated rings. The number of rotatable bonds is 5. The number of nitrogens with zero attached hydrogens (tertiary/aromatic N) is 7. The number of nitrogens with one attached hydrogen (secondary N) is 2. The second-order valence-electron chi connectivity index (χ2n) is 7.27. The number of hydrogen-bond donors (Lipinski definition) is 2. The van der Waals surface area contributed by atoms with Crippen LogP contribution in [0.3, 0.4) is 0 Å². The van der Waals surface area contributed by atoms with E-state index in [0.717, 1.165) is 17.7 Å². The Morgan fingerprint density at radius 2 is 1.85 bits per heavy atom. The molecular weight excluding hydrogens is 443 g/mol. The molecule has 172 valence electrons. The average molecular weight is 461 g/mol. The smallest absolute Gasteiger partial charge is 0.346 e. The van der Waals surface area contributed by atoms with Crippen LogP contribution in [0.1, 0.15) is 37.9 Å². The maximum atomic E-state index is 13.3. The highest BCUT2D eigenvalue weighted by atomic mass is 19.4. The molecule has 0 saturated heterocycles. The van der Waals surface area contributed by atoms with Crippen LogP contribution in [0.25, 0.3) is 5.65 Å². The zero-order valence-corrected chi connectivity index (χ0v) is 17.7. The molecule has 0 aromatic carbocycles. The Kier molecular flexibility index (Phi) is 5.35. The summed E-state index contributed by atoms with van der Waals surface area (Å²) in [6.07, 6.45) is -0.0913. The van der Waals surface area contributed by atoms with Gasteiger partial charge in [0.15, 0.2) is 11.3 Å². The third kappa shape index (κ3) is 4.40. The molecule has 0 bridgehead atoms. The van der Waals surface area contributed by atoms with Gasteiger partial charge in [0.1, 0.15) is 11.4 Å². The van der Waals surface area contributed by atoms with Gasteiger partial charge in [-0.3, -0.25) is 19.0 Å². The van der Waals surface area contributed by atoms with E-state index in [9.17, 15) is 22.8 Å². The molecule has 0 spiro atoms. The van der Waals surface area contributed by atoms with E-state index >= 15 is 0 Å². The summed E-state index contributed by atoms with van der Waals surface area (Å²) in [4.78, 5) is 29.4. The maximum Gasteiger partial charge on any atom is 0.433 e.